The number of aromatic hydroxyl groups is 1. The van der Waals surface area contributed by atoms with E-state index in [1.807, 2.05) is 0 Å². The van der Waals surface area contributed by atoms with Crippen molar-refractivity contribution in [3.05, 3.63) is 56.5 Å². The highest BCUT2D eigenvalue weighted by Gasteiger charge is 2.56. The summed E-state index contributed by atoms with van der Waals surface area (Å²) >= 11 is 2.50. The molecule has 0 saturated carbocycles. The van der Waals surface area contributed by atoms with Crippen LogP contribution in [0, 0.1) is 5.92 Å². The highest BCUT2D eigenvalue weighted by atomic mass is 32.2. The Morgan fingerprint density at radius 1 is 1.18 bits per heavy atom. The van der Waals surface area contributed by atoms with Gasteiger partial charge < -0.3 is 50.3 Å². The smallest absolute Gasteiger partial charge is 0.268 e. The fraction of sp³-hybridized carbons (Fsp3) is 0.485. The lowest BCUT2D eigenvalue weighted by atomic mass is 9.88. The Morgan fingerprint density at radius 2 is 1.86 bits per heavy atom. The van der Waals surface area contributed by atoms with Crippen molar-refractivity contribution in [3.8, 4) is 5.75 Å². The third-order valence-electron chi connectivity index (χ3n) is 10.4. The first-order valence-electron chi connectivity index (χ1n) is 16.3. The standard InChI is InChI=1S/C33H38N6O10S2/c1-33(2,32(47)48)49-37-26(15-6-25(34)50-13-15)23(41)9-20-29(44)38-27(31(45)46)16(14-51-30(20)38)12-39(3)18-4-5-19(39)8-17(7-18)36-28(43)21-10-22(40)24(42)11-35-21/h6,10-11,13,17-20,30H,4-5,7-9,12,14,34H2,1-3H3,(H4-,35,36,37,40,41,42,43,45,46,47,48)/p-1/t17?,18-,19+,20-,30-,39?/m1/s1. The van der Waals surface area contributed by atoms with Gasteiger partial charge in [0.25, 0.3) is 5.91 Å². The number of nitrogens with zero attached hydrogens (tertiary/aromatic N) is 3. The number of thioether (sulfide) groups is 1. The summed E-state index contributed by atoms with van der Waals surface area (Å²) < 4.78 is 0.537. The third-order valence-corrected chi connectivity index (χ3v) is 12.5. The number of aliphatic carboxylic acids is 2. The molecule has 2 aromatic heterocycles. The summed E-state index contributed by atoms with van der Waals surface area (Å²) in [6.07, 6.45) is 3.73. The zero-order chi connectivity index (χ0) is 37.0. The summed E-state index contributed by atoms with van der Waals surface area (Å²) in [5, 5.41) is 41.7. The lowest BCUT2D eigenvalue weighted by molar-refractivity contribution is -0.944. The molecule has 0 aliphatic carbocycles. The molecular weight excluding hydrogens is 705 g/mol. The van der Waals surface area contributed by atoms with Gasteiger partial charge in [-0.2, -0.15) is 0 Å². The number of piperidine rings is 1. The number of ketones is 1. The van der Waals surface area contributed by atoms with Crippen LogP contribution in [0.4, 0.5) is 5.00 Å². The number of nitrogens with one attached hydrogen (secondary N) is 2. The number of Topliss-reactive ketones (excluding diaryl/α,β-unsaturated/α-hetero) is 1. The maximum Gasteiger partial charge on any atom is 0.268 e. The van der Waals surface area contributed by atoms with Gasteiger partial charge in [0.1, 0.15) is 12.2 Å². The second-order valence-electron chi connectivity index (χ2n) is 14.1. The SMILES string of the molecule is CC(C)(O/N=C(\C(=O)C[C@@H]1C(=O)N2C(C(=O)[O-])=C(C[N+]3(C)[C@@H]4CC[C@H]3CC(NC(=O)c3cc(=O)c(O)c[nH]3)C4)CS[C@H]12)c1csc(N)c1)C(=O)[O-]. The number of pyridine rings is 1. The fourth-order valence-electron chi connectivity index (χ4n) is 7.55. The number of fused-ring (bicyclic) bond motifs is 3. The number of carboxylic acid groups (broad SMARTS) is 2. The van der Waals surface area contributed by atoms with E-state index in [0.29, 0.717) is 45.8 Å². The lowest BCUT2D eigenvalue weighted by Crippen LogP contribution is -2.65. The fourth-order valence-corrected chi connectivity index (χ4v) is 9.59. The van der Waals surface area contributed by atoms with Crippen LogP contribution in [0.5, 0.6) is 5.75 Å². The number of aromatic amines is 1. The van der Waals surface area contributed by atoms with Gasteiger partial charge in [-0.15, -0.1) is 23.1 Å². The van der Waals surface area contributed by atoms with Crippen molar-refractivity contribution in [2.24, 2.45) is 11.1 Å². The molecule has 3 saturated heterocycles. The molecule has 4 aliphatic rings. The molecule has 16 nitrogen and oxygen atoms in total. The predicted octanol–water partition coefficient (Wildman–Crippen LogP) is -0.962. The number of quaternary nitrogens is 1. The molecule has 6 atom stereocenters. The Hall–Kier alpha value is -4.68. The quantitative estimate of drug-likeness (QED) is 0.0889. The highest BCUT2D eigenvalue weighted by Crippen LogP contribution is 2.48. The Labute approximate surface area is 299 Å². The molecule has 5 N–H and O–H groups in total. The number of β-lactam (4-membered cyclic amide) rings is 1. The topological polar surface area (TPSA) is 247 Å². The first-order valence-corrected chi connectivity index (χ1v) is 18.2. The van der Waals surface area contributed by atoms with Crippen LogP contribution in [0.15, 0.2) is 44.9 Å². The highest BCUT2D eigenvalue weighted by molar-refractivity contribution is 8.00. The minimum absolute atomic E-state index is 0.0393. The molecule has 272 valence electrons. The number of likely N-dealkylation sites (N-methyl/N-ethyl adjacent to an activating group) is 1. The summed E-state index contributed by atoms with van der Waals surface area (Å²) in [5.74, 6) is -5.68. The molecule has 4 aliphatic heterocycles. The van der Waals surface area contributed by atoms with Gasteiger partial charge >= 0.3 is 0 Å². The summed E-state index contributed by atoms with van der Waals surface area (Å²) in [4.78, 5) is 84.8. The predicted molar refractivity (Wildman–Crippen MR) is 181 cm³/mol. The molecule has 0 aromatic carbocycles. The van der Waals surface area contributed by atoms with Gasteiger partial charge in [-0.3, -0.25) is 24.1 Å². The van der Waals surface area contributed by atoms with Crippen LogP contribution in [0.1, 0.15) is 62.0 Å². The average Bonchev–Trinajstić information content (AvgIpc) is 3.53. The van der Waals surface area contributed by atoms with Crippen LogP contribution in [-0.4, -0.2) is 103 Å². The van der Waals surface area contributed by atoms with Crippen LogP contribution >= 0.6 is 23.1 Å². The molecule has 0 spiro atoms. The van der Waals surface area contributed by atoms with Crippen molar-refractivity contribution in [1.82, 2.24) is 15.2 Å². The molecule has 2 amide bonds. The first kappa shape index (κ1) is 36.1. The van der Waals surface area contributed by atoms with E-state index < -0.39 is 57.6 Å². The van der Waals surface area contributed by atoms with Crippen molar-refractivity contribution in [1.29, 1.82) is 0 Å². The molecule has 2 unspecified atom stereocenters. The van der Waals surface area contributed by atoms with E-state index in [0.717, 1.165) is 36.4 Å². The van der Waals surface area contributed by atoms with Gasteiger partial charge in [0.05, 0.1) is 53.1 Å². The summed E-state index contributed by atoms with van der Waals surface area (Å²) in [6, 6.07) is 2.54. The van der Waals surface area contributed by atoms with E-state index in [9.17, 15) is 44.1 Å². The van der Waals surface area contributed by atoms with Crippen molar-refractivity contribution >= 4 is 63.3 Å². The second kappa shape index (κ2) is 13.5. The number of carboxylic acids is 2. The number of rotatable bonds is 12. The molecule has 51 heavy (non-hydrogen) atoms. The molecule has 2 aromatic rings. The second-order valence-corrected chi connectivity index (χ2v) is 16.1. The van der Waals surface area contributed by atoms with Crippen molar-refractivity contribution in [2.75, 3.05) is 25.1 Å². The zero-order valence-corrected chi connectivity index (χ0v) is 29.6. The number of anilines is 1. The van der Waals surface area contributed by atoms with Gasteiger partial charge in [0.15, 0.2) is 22.8 Å². The molecule has 2 bridgehead atoms. The first-order chi connectivity index (χ1) is 24.0. The Kier molecular flexibility index (Phi) is 9.53. The van der Waals surface area contributed by atoms with Gasteiger partial charge in [-0.25, -0.2) is 0 Å². The zero-order valence-electron chi connectivity index (χ0n) is 28.0. The summed E-state index contributed by atoms with van der Waals surface area (Å²) in [6.45, 7) is 2.79. The number of H-pyrrole nitrogens is 1. The Balaban J connectivity index is 1.15. The Bertz CT molecular complexity index is 1920. The third kappa shape index (κ3) is 6.74. The maximum atomic E-state index is 13.6. The monoisotopic (exact) mass is 741 g/mol. The number of nitrogens with two attached hydrogens (primary N) is 1. The minimum Gasteiger partial charge on any atom is -0.546 e. The van der Waals surface area contributed by atoms with E-state index in [1.165, 1.54) is 36.6 Å². The van der Waals surface area contributed by atoms with Crippen LogP contribution in [0.2, 0.25) is 0 Å². The molecule has 3 fully saturated rings. The number of hydrogen-bond donors (Lipinski definition) is 4. The maximum absolute atomic E-state index is 13.6. The van der Waals surface area contributed by atoms with Gasteiger partial charge in [0.2, 0.25) is 11.3 Å². The lowest BCUT2D eigenvalue weighted by Gasteiger charge is -2.53. The minimum atomic E-state index is -1.85. The summed E-state index contributed by atoms with van der Waals surface area (Å²) in [7, 11) is 2.07. The van der Waals surface area contributed by atoms with E-state index in [4.69, 9.17) is 10.6 Å². The van der Waals surface area contributed by atoms with Gasteiger partial charge in [0, 0.05) is 72.7 Å². The van der Waals surface area contributed by atoms with Crippen molar-refractivity contribution in [3.63, 3.8) is 0 Å². The largest absolute Gasteiger partial charge is 0.546 e. The molecule has 0 radical (unpaired) electrons. The van der Waals surface area contributed by atoms with Gasteiger partial charge in [-0.1, -0.05) is 5.16 Å². The molecule has 18 heteroatoms. The average molecular weight is 742 g/mol. The van der Waals surface area contributed by atoms with Crippen molar-refractivity contribution < 1.29 is 48.6 Å². The van der Waals surface area contributed by atoms with Crippen LogP contribution in [0.25, 0.3) is 0 Å². The van der Waals surface area contributed by atoms with E-state index in [2.05, 4.69) is 22.5 Å². The number of carbonyl (C=O) groups excluding carboxylic acids is 5. The van der Waals surface area contributed by atoms with E-state index in [-0.39, 0.29) is 41.6 Å². The molecule has 6 rings (SSSR count). The number of carbonyl (C=O) groups is 5. The number of aromatic nitrogens is 1. The normalized spacial score (nSPS) is 27.4. The molecular formula is C33H37N6O10S2-. The number of thiophene rings is 1. The number of hydrogen-bond acceptors (Lipinski definition) is 14. The Morgan fingerprint density at radius 3 is 2.45 bits per heavy atom. The number of oxime groups is 1. The van der Waals surface area contributed by atoms with Crippen LogP contribution < -0.4 is 26.7 Å². The molecule has 6 heterocycles. The summed E-state index contributed by atoms with van der Waals surface area (Å²) in [5.41, 5.74) is 3.82. The van der Waals surface area contributed by atoms with Crippen LogP contribution in [0.3, 0.4) is 0 Å². The number of amides is 2. The van der Waals surface area contributed by atoms with Crippen molar-refractivity contribution in [2.45, 2.75) is 75.1 Å². The van der Waals surface area contributed by atoms with E-state index in [1.54, 1.807) is 5.38 Å². The van der Waals surface area contributed by atoms with E-state index >= 15 is 0 Å². The number of nitrogen functional groups attached to an aromatic ring is 1. The van der Waals surface area contributed by atoms with Gasteiger partial charge in [-0.05, 0) is 19.9 Å². The van der Waals surface area contributed by atoms with Crippen LogP contribution in [-0.2, 0) is 24.0 Å².